The van der Waals surface area contributed by atoms with Crippen molar-refractivity contribution in [3.8, 4) is 11.5 Å². The molecule has 3 N–H and O–H groups in total. The van der Waals surface area contributed by atoms with Crippen LogP contribution in [0.4, 0.5) is 4.39 Å². The van der Waals surface area contributed by atoms with Crippen LogP contribution in [0.5, 0.6) is 11.5 Å². The molecule has 4 aliphatic rings. The first kappa shape index (κ1) is 26.0. The predicted molar refractivity (Wildman–Crippen MR) is 134 cm³/mol. The Morgan fingerprint density at radius 3 is 2.49 bits per heavy atom. The average molecular weight is 572 g/mol. The van der Waals surface area contributed by atoms with E-state index in [4.69, 9.17) is 32.7 Å². The number of rotatable bonds is 8. The molecule has 0 aromatic heterocycles. The fraction of sp³-hybridized carbons (Fsp3) is 0.417. The van der Waals surface area contributed by atoms with Crippen LogP contribution in [0.3, 0.4) is 0 Å². The number of carbonyl (C=O) groups excluding carboxylic acids is 2. The Labute approximate surface area is 223 Å². The Balaban J connectivity index is 1.14. The van der Waals surface area contributed by atoms with Crippen LogP contribution in [-0.4, -0.2) is 50.3 Å². The molecule has 0 radical (unpaired) electrons. The van der Waals surface area contributed by atoms with Gasteiger partial charge in [0.2, 0.25) is 10.0 Å². The van der Waals surface area contributed by atoms with Crippen LogP contribution in [0.15, 0.2) is 36.4 Å². The van der Waals surface area contributed by atoms with Crippen molar-refractivity contribution in [3.63, 3.8) is 0 Å². The molecule has 3 fully saturated rings. The molecule has 37 heavy (non-hydrogen) atoms. The van der Waals surface area contributed by atoms with Gasteiger partial charge in [-0.3, -0.25) is 9.59 Å². The third kappa shape index (κ3) is 5.50. The largest absolute Gasteiger partial charge is 0.484 e. The number of amides is 2. The third-order valence-electron chi connectivity index (χ3n) is 6.80. The molecular weight excluding hydrogens is 548 g/mol. The van der Waals surface area contributed by atoms with E-state index in [1.807, 2.05) is 0 Å². The summed E-state index contributed by atoms with van der Waals surface area (Å²) in [6.07, 6.45) is 1.91. The van der Waals surface area contributed by atoms with Crippen molar-refractivity contribution in [2.75, 3.05) is 12.9 Å². The van der Waals surface area contributed by atoms with Crippen molar-refractivity contribution in [3.05, 3.63) is 57.8 Å². The normalized spacial score (nSPS) is 27.6. The summed E-state index contributed by atoms with van der Waals surface area (Å²) in [5.74, 6) is -0.759. The smallest absolute Gasteiger partial charge is 0.261 e. The molecule has 0 unspecified atom stereocenters. The fourth-order valence-electron chi connectivity index (χ4n) is 5.41. The molecular formula is C24H24Cl2FN3O6S. The molecule has 1 heterocycles. The molecule has 13 heteroatoms. The first-order valence-corrected chi connectivity index (χ1v) is 14.1. The van der Waals surface area contributed by atoms with E-state index >= 15 is 0 Å². The maximum atomic E-state index is 13.5. The molecule has 0 spiro atoms. The summed E-state index contributed by atoms with van der Waals surface area (Å²) in [7, 11) is -3.55. The van der Waals surface area contributed by atoms with Gasteiger partial charge in [0, 0.05) is 34.2 Å². The highest BCUT2D eigenvalue weighted by Gasteiger charge is 2.69. The molecule has 2 aromatic rings. The second-order valence-corrected chi connectivity index (χ2v) is 12.6. The molecule has 2 amide bonds. The second kappa shape index (κ2) is 9.30. The highest BCUT2D eigenvalue weighted by Crippen LogP contribution is 2.60. The van der Waals surface area contributed by atoms with Crippen LogP contribution in [0, 0.1) is 5.82 Å². The van der Waals surface area contributed by atoms with E-state index in [9.17, 15) is 22.4 Å². The number of sulfonamides is 1. The number of benzene rings is 2. The van der Waals surface area contributed by atoms with Gasteiger partial charge in [0.1, 0.15) is 17.3 Å². The summed E-state index contributed by atoms with van der Waals surface area (Å²) in [5, 5.41) is 6.34. The molecule has 6 rings (SSSR count). The summed E-state index contributed by atoms with van der Waals surface area (Å²) >= 11 is 11.7. The summed E-state index contributed by atoms with van der Waals surface area (Å²) in [6.45, 7) is -0.282. The molecule has 198 valence electrons. The number of hydrogen-bond donors (Lipinski definition) is 3. The SMILES string of the molecule is CS(=O)(=O)N[C@H]1C[C@H](C(=O)NC23CC(NC(=O)COc4ccc(Cl)c(F)c4)(C2)C3)Oc2ccc(Cl)cc21. The number of fused-ring (bicyclic) bond motifs is 1. The number of nitrogens with one attached hydrogen (secondary N) is 3. The van der Waals surface area contributed by atoms with Crippen LogP contribution in [0.2, 0.25) is 10.0 Å². The summed E-state index contributed by atoms with van der Waals surface area (Å²) < 4.78 is 51.1. The quantitative estimate of drug-likeness (QED) is 0.447. The van der Waals surface area contributed by atoms with Crippen LogP contribution >= 0.6 is 23.2 Å². The standard InChI is InChI=1S/C24H24Cl2FN3O6S/c1-37(33,34)30-18-8-20(36-19-5-2-13(25)6-15(18)19)22(32)29-24-10-23(11-24,12-24)28-21(31)9-35-14-3-4-16(26)17(27)7-14/h2-7,18,20,30H,8-12H2,1H3,(H,28,31)(H,29,32)/t18-,20+,23?,24?/m0/s1. The number of carbonyl (C=O) groups is 2. The molecule has 2 aromatic carbocycles. The van der Waals surface area contributed by atoms with Crippen LogP contribution in [0.25, 0.3) is 0 Å². The maximum absolute atomic E-state index is 13.5. The van der Waals surface area contributed by atoms with Gasteiger partial charge in [0.25, 0.3) is 11.8 Å². The van der Waals surface area contributed by atoms with Crippen LogP contribution < -0.4 is 24.8 Å². The summed E-state index contributed by atoms with van der Waals surface area (Å²) in [5.41, 5.74) is -0.304. The van der Waals surface area contributed by atoms with Gasteiger partial charge in [-0.1, -0.05) is 23.2 Å². The Hall–Kier alpha value is -2.60. The molecule has 2 atom stereocenters. The van der Waals surface area contributed by atoms with Gasteiger partial charge in [0.05, 0.1) is 17.3 Å². The molecule has 1 aliphatic heterocycles. The van der Waals surface area contributed by atoms with Gasteiger partial charge in [-0.05, 0) is 49.6 Å². The van der Waals surface area contributed by atoms with E-state index in [1.165, 1.54) is 12.1 Å². The minimum Gasteiger partial charge on any atom is -0.484 e. The minimum absolute atomic E-state index is 0.0348. The predicted octanol–water partition coefficient (Wildman–Crippen LogP) is 2.86. The lowest BCUT2D eigenvalue weighted by Gasteiger charge is -2.70. The number of ether oxygens (including phenoxy) is 2. The Morgan fingerprint density at radius 1 is 1.11 bits per heavy atom. The molecule has 9 nitrogen and oxygen atoms in total. The lowest BCUT2D eigenvalue weighted by molar-refractivity contribution is -0.154. The van der Waals surface area contributed by atoms with Crippen LogP contribution in [0.1, 0.15) is 37.3 Å². The zero-order valence-electron chi connectivity index (χ0n) is 19.6. The van der Waals surface area contributed by atoms with Crippen molar-refractivity contribution in [2.24, 2.45) is 0 Å². The first-order chi connectivity index (χ1) is 17.3. The molecule has 3 aliphatic carbocycles. The molecule has 3 saturated carbocycles. The lowest BCUT2D eigenvalue weighted by Crippen LogP contribution is -2.84. The summed E-state index contributed by atoms with van der Waals surface area (Å²) in [6, 6.07) is 8.10. The Bertz CT molecular complexity index is 1370. The second-order valence-electron chi connectivity index (χ2n) is 9.96. The van der Waals surface area contributed by atoms with E-state index in [0.717, 1.165) is 12.3 Å². The van der Waals surface area contributed by atoms with E-state index in [0.29, 0.717) is 35.6 Å². The summed E-state index contributed by atoms with van der Waals surface area (Å²) in [4.78, 5) is 25.4. The fourth-order valence-corrected chi connectivity index (χ4v) is 6.45. The van der Waals surface area contributed by atoms with E-state index in [-0.39, 0.29) is 35.6 Å². The topological polar surface area (TPSA) is 123 Å². The third-order valence-corrected chi connectivity index (χ3v) is 8.05. The van der Waals surface area contributed by atoms with Gasteiger partial charge in [0.15, 0.2) is 12.7 Å². The number of hydrogen-bond acceptors (Lipinski definition) is 6. The van der Waals surface area contributed by atoms with Gasteiger partial charge in [-0.25, -0.2) is 17.5 Å². The zero-order valence-corrected chi connectivity index (χ0v) is 22.0. The van der Waals surface area contributed by atoms with Gasteiger partial charge >= 0.3 is 0 Å². The van der Waals surface area contributed by atoms with Crippen molar-refractivity contribution in [1.82, 2.24) is 15.4 Å². The van der Waals surface area contributed by atoms with E-state index in [2.05, 4.69) is 15.4 Å². The minimum atomic E-state index is -3.55. The molecule has 0 saturated heterocycles. The first-order valence-electron chi connectivity index (χ1n) is 11.5. The number of halogens is 3. The maximum Gasteiger partial charge on any atom is 0.261 e. The van der Waals surface area contributed by atoms with Gasteiger partial charge in [-0.15, -0.1) is 0 Å². The van der Waals surface area contributed by atoms with Crippen LogP contribution in [-0.2, 0) is 19.6 Å². The van der Waals surface area contributed by atoms with Gasteiger partial charge < -0.3 is 20.1 Å². The Kier molecular flexibility index (Phi) is 6.54. The van der Waals surface area contributed by atoms with Crippen molar-refractivity contribution in [2.45, 2.75) is 48.9 Å². The Morgan fingerprint density at radius 2 is 1.81 bits per heavy atom. The van der Waals surface area contributed by atoms with E-state index < -0.39 is 39.1 Å². The van der Waals surface area contributed by atoms with Crippen molar-refractivity contribution in [1.29, 1.82) is 0 Å². The highest BCUT2D eigenvalue weighted by atomic mass is 35.5. The van der Waals surface area contributed by atoms with Crippen molar-refractivity contribution < 1.29 is 31.9 Å². The van der Waals surface area contributed by atoms with E-state index in [1.54, 1.807) is 18.2 Å². The van der Waals surface area contributed by atoms with Gasteiger partial charge in [-0.2, -0.15) is 0 Å². The lowest BCUT2D eigenvalue weighted by atomic mass is 9.44. The monoisotopic (exact) mass is 571 g/mol. The zero-order chi connectivity index (χ0) is 26.6. The molecule has 2 bridgehead atoms. The van der Waals surface area contributed by atoms with Crippen molar-refractivity contribution >= 4 is 45.0 Å². The average Bonchev–Trinajstić information content (AvgIpc) is 2.76. The highest BCUT2D eigenvalue weighted by molar-refractivity contribution is 7.88.